The average Bonchev–Trinajstić information content (AvgIpc) is 2.97. The molecule has 0 atom stereocenters. The number of benzene rings is 1. The van der Waals surface area contributed by atoms with Gasteiger partial charge in [0.15, 0.2) is 5.82 Å². The number of halogens is 1. The smallest absolute Gasteiger partial charge is 0.245 e. The van der Waals surface area contributed by atoms with Gasteiger partial charge in [-0.2, -0.15) is 4.98 Å². The van der Waals surface area contributed by atoms with Gasteiger partial charge in [-0.1, -0.05) is 15.9 Å². The number of piperidine rings is 1. The van der Waals surface area contributed by atoms with E-state index in [1.54, 1.807) is 0 Å². The molecule has 0 spiro atoms. The predicted octanol–water partition coefficient (Wildman–Crippen LogP) is 2.73. The summed E-state index contributed by atoms with van der Waals surface area (Å²) in [5.41, 5.74) is 2.28. The molecule has 1 aromatic heterocycles. The third kappa shape index (κ3) is 3.11. The summed E-state index contributed by atoms with van der Waals surface area (Å²) in [6, 6.07) is 6.81. The molecule has 6 heteroatoms. The molecule has 0 bridgehead atoms. The lowest BCUT2D eigenvalue weighted by Gasteiger charge is -2.30. The Morgan fingerprint density at radius 3 is 2.76 bits per heavy atom. The number of aryl methyl sites for hydroxylation is 1. The van der Waals surface area contributed by atoms with Crippen LogP contribution in [0.5, 0.6) is 0 Å². The van der Waals surface area contributed by atoms with Gasteiger partial charge in [-0.15, -0.1) is 5.10 Å². The molecule has 2 aromatic rings. The maximum Gasteiger partial charge on any atom is 0.245 e. The van der Waals surface area contributed by atoms with Gasteiger partial charge >= 0.3 is 0 Å². The van der Waals surface area contributed by atoms with E-state index >= 15 is 0 Å². The average molecular weight is 350 g/mol. The summed E-state index contributed by atoms with van der Waals surface area (Å²) in [5.74, 6) is 1.65. The molecule has 0 saturated carbocycles. The standard InChI is InChI=1S/C15H20BrN5/c1-10-9-11(16)3-4-13(10)14-18-15(20-19-14)21-7-5-12(17-2)6-8-21/h3-4,9,12,17H,5-8H2,1-2H3,(H,18,19,20). The molecule has 0 aliphatic carbocycles. The van der Waals surface area contributed by atoms with Crippen LogP contribution in [0.15, 0.2) is 22.7 Å². The molecule has 1 saturated heterocycles. The fraction of sp³-hybridized carbons (Fsp3) is 0.467. The molecule has 2 heterocycles. The molecular weight excluding hydrogens is 330 g/mol. The van der Waals surface area contributed by atoms with Crippen LogP contribution < -0.4 is 10.2 Å². The Bertz CT molecular complexity index is 616. The lowest BCUT2D eigenvalue weighted by molar-refractivity contribution is 0.439. The fourth-order valence-electron chi connectivity index (χ4n) is 2.78. The van der Waals surface area contributed by atoms with Crippen LogP contribution in [0.4, 0.5) is 5.95 Å². The lowest BCUT2D eigenvalue weighted by atomic mass is 10.1. The van der Waals surface area contributed by atoms with Crippen LogP contribution in [0.1, 0.15) is 18.4 Å². The quantitative estimate of drug-likeness (QED) is 0.894. The summed E-state index contributed by atoms with van der Waals surface area (Å²) in [6.07, 6.45) is 2.27. The third-order valence-electron chi connectivity index (χ3n) is 4.10. The first kappa shape index (κ1) is 14.5. The number of anilines is 1. The zero-order chi connectivity index (χ0) is 14.8. The molecule has 1 aromatic carbocycles. The monoisotopic (exact) mass is 349 g/mol. The van der Waals surface area contributed by atoms with Crippen molar-refractivity contribution in [3.05, 3.63) is 28.2 Å². The Balaban J connectivity index is 1.77. The second kappa shape index (κ2) is 6.15. The van der Waals surface area contributed by atoms with Crippen molar-refractivity contribution in [1.29, 1.82) is 0 Å². The highest BCUT2D eigenvalue weighted by molar-refractivity contribution is 9.10. The van der Waals surface area contributed by atoms with E-state index in [0.29, 0.717) is 6.04 Å². The second-order valence-corrected chi connectivity index (χ2v) is 6.41. The Kier molecular flexibility index (Phi) is 4.26. The molecule has 0 radical (unpaired) electrons. The molecule has 3 rings (SSSR count). The van der Waals surface area contributed by atoms with E-state index in [-0.39, 0.29) is 0 Å². The molecular formula is C15H20BrN5. The normalized spacial score (nSPS) is 16.4. The number of nitrogens with one attached hydrogen (secondary N) is 2. The summed E-state index contributed by atoms with van der Waals surface area (Å²) in [7, 11) is 2.03. The van der Waals surface area contributed by atoms with Crippen LogP contribution in [0.3, 0.4) is 0 Å². The van der Waals surface area contributed by atoms with Crippen molar-refractivity contribution in [3.8, 4) is 11.4 Å². The van der Waals surface area contributed by atoms with Crippen molar-refractivity contribution in [1.82, 2.24) is 20.5 Å². The van der Waals surface area contributed by atoms with Crippen LogP contribution in [0.25, 0.3) is 11.4 Å². The van der Waals surface area contributed by atoms with Crippen LogP contribution in [-0.4, -0.2) is 41.4 Å². The van der Waals surface area contributed by atoms with E-state index in [2.05, 4.69) is 60.4 Å². The minimum atomic E-state index is 0.619. The van der Waals surface area contributed by atoms with E-state index in [9.17, 15) is 0 Å². The maximum atomic E-state index is 4.67. The van der Waals surface area contributed by atoms with Gasteiger partial charge in [0.05, 0.1) is 0 Å². The minimum Gasteiger partial charge on any atom is -0.339 e. The molecule has 112 valence electrons. The van der Waals surface area contributed by atoms with E-state index in [0.717, 1.165) is 47.7 Å². The summed E-state index contributed by atoms with van der Waals surface area (Å²) in [4.78, 5) is 6.92. The summed E-state index contributed by atoms with van der Waals surface area (Å²) < 4.78 is 1.08. The van der Waals surface area contributed by atoms with Gasteiger partial charge in [-0.25, -0.2) is 0 Å². The van der Waals surface area contributed by atoms with Crippen molar-refractivity contribution in [3.63, 3.8) is 0 Å². The Morgan fingerprint density at radius 1 is 1.33 bits per heavy atom. The number of hydrogen-bond acceptors (Lipinski definition) is 4. The van der Waals surface area contributed by atoms with Gasteiger partial charge in [0, 0.05) is 29.2 Å². The molecule has 1 fully saturated rings. The summed E-state index contributed by atoms with van der Waals surface area (Å²) in [5, 5.41) is 10.8. The topological polar surface area (TPSA) is 56.8 Å². The van der Waals surface area contributed by atoms with Gasteiger partial charge in [0.25, 0.3) is 0 Å². The number of rotatable bonds is 3. The Labute approximate surface area is 133 Å². The van der Waals surface area contributed by atoms with Crippen molar-refractivity contribution in [2.75, 3.05) is 25.0 Å². The van der Waals surface area contributed by atoms with Gasteiger partial charge in [0.1, 0.15) is 0 Å². The van der Waals surface area contributed by atoms with Crippen LogP contribution in [-0.2, 0) is 0 Å². The zero-order valence-electron chi connectivity index (χ0n) is 12.4. The predicted molar refractivity (Wildman–Crippen MR) is 88.6 cm³/mol. The number of H-pyrrole nitrogens is 1. The van der Waals surface area contributed by atoms with E-state index in [1.807, 2.05) is 13.1 Å². The molecule has 5 nitrogen and oxygen atoms in total. The maximum absolute atomic E-state index is 4.67. The number of aromatic amines is 1. The zero-order valence-corrected chi connectivity index (χ0v) is 13.9. The molecule has 1 aliphatic heterocycles. The highest BCUT2D eigenvalue weighted by atomic mass is 79.9. The molecule has 0 amide bonds. The van der Waals surface area contributed by atoms with Crippen molar-refractivity contribution in [2.24, 2.45) is 0 Å². The largest absolute Gasteiger partial charge is 0.339 e. The van der Waals surface area contributed by atoms with Crippen molar-refractivity contribution in [2.45, 2.75) is 25.8 Å². The van der Waals surface area contributed by atoms with Crippen molar-refractivity contribution < 1.29 is 0 Å². The molecule has 0 unspecified atom stereocenters. The van der Waals surface area contributed by atoms with Crippen LogP contribution in [0, 0.1) is 6.92 Å². The fourth-order valence-corrected chi connectivity index (χ4v) is 3.25. The number of nitrogens with zero attached hydrogens (tertiary/aromatic N) is 3. The summed E-state index contributed by atoms with van der Waals surface area (Å²) in [6.45, 7) is 4.09. The first-order valence-electron chi connectivity index (χ1n) is 7.28. The van der Waals surface area contributed by atoms with Gasteiger partial charge < -0.3 is 10.2 Å². The van der Waals surface area contributed by atoms with Crippen LogP contribution in [0.2, 0.25) is 0 Å². The Hall–Kier alpha value is -1.40. The summed E-state index contributed by atoms with van der Waals surface area (Å²) >= 11 is 3.49. The first-order valence-corrected chi connectivity index (χ1v) is 8.08. The molecule has 21 heavy (non-hydrogen) atoms. The highest BCUT2D eigenvalue weighted by Crippen LogP contribution is 2.25. The highest BCUT2D eigenvalue weighted by Gasteiger charge is 2.21. The van der Waals surface area contributed by atoms with E-state index in [1.165, 1.54) is 5.56 Å². The SMILES string of the molecule is CNC1CCN(c2n[nH]c(-c3ccc(Br)cc3C)n2)CC1. The second-order valence-electron chi connectivity index (χ2n) is 5.49. The van der Waals surface area contributed by atoms with Gasteiger partial charge in [-0.3, -0.25) is 5.10 Å². The lowest BCUT2D eigenvalue weighted by Crippen LogP contribution is -2.41. The van der Waals surface area contributed by atoms with E-state index in [4.69, 9.17) is 0 Å². The van der Waals surface area contributed by atoms with Gasteiger partial charge in [-0.05, 0) is 50.6 Å². The van der Waals surface area contributed by atoms with E-state index < -0.39 is 0 Å². The first-order chi connectivity index (χ1) is 10.2. The van der Waals surface area contributed by atoms with Crippen molar-refractivity contribution >= 4 is 21.9 Å². The number of hydrogen-bond donors (Lipinski definition) is 2. The van der Waals surface area contributed by atoms with Gasteiger partial charge in [0.2, 0.25) is 5.95 Å². The minimum absolute atomic E-state index is 0.619. The number of aromatic nitrogens is 3. The van der Waals surface area contributed by atoms with Crippen LogP contribution >= 0.6 is 15.9 Å². The molecule has 1 aliphatic rings. The molecule has 2 N–H and O–H groups in total. The third-order valence-corrected chi connectivity index (χ3v) is 4.60. The Morgan fingerprint density at radius 2 is 2.10 bits per heavy atom.